The van der Waals surface area contributed by atoms with Gasteiger partial charge in [-0.3, -0.25) is 4.90 Å². The predicted molar refractivity (Wildman–Crippen MR) is 57.5 cm³/mol. The molecule has 0 bridgehead atoms. The molecule has 4 heteroatoms. The lowest BCUT2D eigenvalue weighted by atomic mass is 10.2. The number of hydrogen-bond donors (Lipinski definition) is 1. The first-order chi connectivity index (χ1) is 7.40. The number of hydrogen-bond acceptors (Lipinski definition) is 4. The van der Waals surface area contributed by atoms with Crippen LogP contribution in [0.3, 0.4) is 0 Å². The lowest BCUT2D eigenvalue weighted by molar-refractivity contribution is -0.0400. The fraction of sp³-hybridized carbons (Fsp3) is 0.636. The van der Waals surface area contributed by atoms with Gasteiger partial charge in [-0.2, -0.15) is 0 Å². The fourth-order valence-electron chi connectivity index (χ4n) is 1.87. The summed E-state index contributed by atoms with van der Waals surface area (Å²) < 4.78 is 11.0. The summed E-state index contributed by atoms with van der Waals surface area (Å²) in [6, 6.07) is 3.87. The molecule has 1 unspecified atom stereocenters. The van der Waals surface area contributed by atoms with Crippen LogP contribution in [0.25, 0.3) is 0 Å². The highest BCUT2D eigenvalue weighted by molar-refractivity contribution is 5.03. The van der Waals surface area contributed by atoms with E-state index in [0.29, 0.717) is 0 Å². The monoisotopic (exact) mass is 210 g/mol. The highest BCUT2D eigenvalue weighted by atomic mass is 16.5. The molecule has 1 saturated heterocycles. The Kier molecular flexibility index (Phi) is 3.77. The SMILES string of the molecule is NCCCN1CCOC(c2ccco2)C1. The molecule has 0 saturated carbocycles. The smallest absolute Gasteiger partial charge is 0.133 e. The standard InChI is InChI=1S/C11H18N2O2/c12-4-2-5-13-6-8-15-11(9-13)10-3-1-7-14-10/h1,3,7,11H,2,4-6,8-9,12H2. The van der Waals surface area contributed by atoms with Crippen LogP contribution in [0.2, 0.25) is 0 Å². The van der Waals surface area contributed by atoms with Crippen molar-refractivity contribution >= 4 is 0 Å². The molecule has 1 atom stereocenters. The molecule has 1 aromatic rings. The van der Waals surface area contributed by atoms with Crippen LogP contribution >= 0.6 is 0 Å². The van der Waals surface area contributed by atoms with Gasteiger partial charge >= 0.3 is 0 Å². The van der Waals surface area contributed by atoms with Crippen molar-refractivity contribution in [3.63, 3.8) is 0 Å². The largest absolute Gasteiger partial charge is 0.467 e. The van der Waals surface area contributed by atoms with Crippen LogP contribution in [0.1, 0.15) is 18.3 Å². The zero-order valence-corrected chi connectivity index (χ0v) is 8.89. The fourth-order valence-corrected chi connectivity index (χ4v) is 1.87. The molecule has 15 heavy (non-hydrogen) atoms. The highest BCUT2D eigenvalue weighted by Gasteiger charge is 2.23. The van der Waals surface area contributed by atoms with E-state index in [9.17, 15) is 0 Å². The average molecular weight is 210 g/mol. The first kappa shape index (κ1) is 10.7. The number of rotatable bonds is 4. The molecule has 0 radical (unpaired) electrons. The molecule has 0 aromatic carbocycles. The van der Waals surface area contributed by atoms with Crippen molar-refractivity contribution < 1.29 is 9.15 Å². The highest BCUT2D eigenvalue weighted by Crippen LogP contribution is 2.22. The molecule has 1 fully saturated rings. The van der Waals surface area contributed by atoms with Crippen LogP contribution in [0.15, 0.2) is 22.8 Å². The van der Waals surface area contributed by atoms with Gasteiger partial charge in [-0.15, -0.1) is 0 Å². The summed E-state index contributed by atoms with van der Waals surface area (Å²) in [6.45, 7) is 4.49. The van der Waals surface area contributed by atoms with Gasteiger partial charge in [0.25, 0.3) is 0 Å². The van der Waals surface area contributed by atoms with Crippen molar-refractivity contribution in [2.45, 2.75) is 12.5 Å². The minimum Gasteiger partial charge on any atom is -0.467 e. The predicted octanol–water partition coefficient (Wildman–Crippen LogP) is 1.00. The van der Waals surface area contributed by atoms with Crippen molar-refractivity contribution in [1.82, 2.24) is 4.90 Å². The summed E-state index contributed by atoms with van der Waals surface area (Å²) in [4.78, 5) is 2.38. The summed E-state index contributed by atoms with van der Waals surface area (Å²) in [6.07, 6.45) is 2.83. The molecule has 0 spiro atoms. The Labute approximate surface area is 90.0 Å². The van der Waals surface area contributed by atoms with Gasteiger partial charge in [0.2, 0.25) is 0 Å². The molecule has 2 N–H and O–H groups in total. The van der Waals surface area contributed by atoms with Gasteiger partial charge in [0.15, 0.2) is 0 Å². The number of morpholine rings is 1. The van der Waals surface area contributed by atoms with E-state index in [4.69, 9.17) is 14.9 Å². The Bertz CT molecular complexity index is 274. The van der Waals surface area contributed by atoms with E-state index in [1.165, 1.54) is 0 Å². The third-order valence-corrected chi connectivity index (χ3v) is 2.69. The van der Waals surface area contributed by atoms with Crippen LogP contribution in [0.4, 0.5) is 0 Å². The van der Waals surface area contributed by atoms with Gasteiger partial charge in [-0.25, -0.2) is 0 Å². The van der Waals surface area contributed by atoms with Crippen LogP contribution in [-0.4, -0.2) is 37.7 Å². The number of nitrogens with zero attached hydrogens (tertiary/aromatic N) is 1. The van der Waals surface area contributed by atoms with Crippen LogP contribution in [0, 0.1) is 0 Å². The maximum absolute atomic E-state index is 5.67. The van der Waals surface area contributed by atoms with Crippen molar-refractivity contribution in [3.05, 3.63) is 24.2 Å². The molecule has 1 aromatic heterocycles. The molecular formula is C11H18N2O2. The Morgan fingerprint density at radius 2 is 2.47 bits per heavy atom. The van der Waals surface area contributed by atoms with Gasteiger partial charge < -0.3 is 14.9 Å². The maximum Gasteiger partial charge on any atom is 0.133 e. The lowest BCUT2D eigenvalue weighted by Crippen LogP contribution is -2.39. The van der Waals surface area contributed by atoms with E-state index in [1.807, 2.05) is 12.1 Å². The lowest BCUT2D eigenvalue weighted by Gasteiger charge is -2.31. The molecular weight excluding hydrogens is 192 g/mol. The minimum absolute atomic E-state index is 0.0894. The first-order valence-corrected chi connectivity index (χ1v) is 5.47. The summed E-state index contributed by atoms with van der Waals surface area (Å²) in [5.74, 6) is 0.924. The van der Waals surface area contributed by atoms with E-state index >= 15 is 0 Å². The third-order valence-electron chi connectivity index (χ3n) is 2.69. The molecule has 2 rings (SSSR count). The van der Waals surface area contributed by atoms with E-state index in [0.717, 1.165) is 45.0 Å². The minimum atomic E-state index is 0.0894. The van der Waals surface area contributed by atoms with E-state index in [2.05, 4.69) is 4.90 Å². The number of furan rings is 1. The van der Waals surface area contributed by atoms with Gasteiger partial charge in [-0.05, 0) is 31.6 Å². The molecule has 0 amide bonds. The van der Waals surface area contributed by atoms with E-state index in [-0.39, 0.29) is 6.10 Å². The molecule has 1 aliphatic heterocycles. The zero-order chi connectivity index (χ0) is 10.5. The quantitative estimate of drug-likeness (QED) is 0.805. The van der Waals surface area contributed by atoms with Gasteiger partial charge in [0.1, 0.15) is 11.9 Å². The van der Waals surface area contributed by atoms with E-state index in [1.54, 1.807) is 6.26 Å². The first-order valence-electron chi connectivity index (χ1n) is 5.47. The topological polar surface area (TPSA) is 51.6 Å². The van der Waals surface area contributed by atoms with Crippen LogP contribution < -0.4 is 5.73 Å². The summed E-state index contributed by atoms with van der Waals surface area (Å²) in [5.41, 5.74) is 5.50. The number of nitrogens with two attached hydrogens (primary N) is 1. The van der Waals surface area contributed by atoms with E-state index < -0.39 is 0 Å². The molecule has 2 heterocycles. The van der Waals surface area contributed by atoms with Gasteiger partial charge in [-0.1, -0.05) is 0 Å². The second-order valence-electron chi connectivity index (χ2n) is 3.82. The van der Waals surface area contributed by atoms with Crippen LogP contribution in [-0.2, 0) is 4.74 Å². The summed E-state index contributed by atoms with van der Waals surface area (Å²) in [5, 5.41) is 0. The Morgan fingerprint density at radius 1 is 1.53 bits per heavy atom. The van der Waals surface area contributed by atoms with Crippen molar-refractivity contribution in [3.8, 4) is 0 Å². The molecule has 84 valence electrons. The number of ether oxygens (including phenoxy) is 1. The third kappa shape index (κ3) is 2.81. The Hall–Kier alpha value is -0.840. The van der Waals surface area contributed by atoms with Gasteiger partial charge in [0, 0.05) is 13.1 Å². The average Bonchev–Trinajstić information content (AvgIpc) is 2.80. The second-order valence-corrected chi connectivity index (χ2v) is 3.82. The van der Waals surface area contributed by atoms with Crippen molar-refractivity contribution in [1.29, 1.82) is 0 Å². The molecule has 0 aliphatic carbocycles. The zero-order valence-electron chi connectivity index (χ0n) is 8.89. The Balaban J connectivity index is 1.87. The normalized spacial score (nSPS) is 23.1. The van der Waals surface area contributed by atoms with Crippen molar-refractivity contribution in [2.75, 3.05) is 32.8 Å². The van der Waals surface area contributed by atoms with Crippen LogP contribution in [0.5, 0.6) is 0 Å². The van der Waals surface area contributed by atoms with Crippen molar-refractivity contribution in [2.24, 2.45) is 5.73 Å². The summed E-state index contributed by atoms with van der Waals surface area (Å²) >= 11 is 0. The van der Waals surface area contributed by atoms with Gasteiger partial charge in [0.05, 0.1) is 12.9 Å². The second kappa shape index (κ2) is 5.30. The Morgan fingerprint density at radius 3 is 3.20 bits per heavy atom. The summed E-state index contributed by atoms with van der Waals surface area (Å²) in [7, 11) is 0. The maximum atomic E-state index is 5.67. The molecule has 4 nitrogen and oxygen atoms in total. The molecule has 1 aliphatic rings.